The summed E-state index contributed by atoms with van der Waals surface area (Å²) in [4.78, 5) is 28.0. The summed E-state index contributed by atoms with van der Waals surface area (Å²) in [6.45, 7) is 4.08. The van der Waals surface area contributed by atoms with E-state index in [1.807, 2.05) is 36.4 Å². The van der Waals surface area contributed by atoms with E-state index in [2.05, 4.69) is 68.8 Å². The summed E-state index contributed by atoms with van der Waals surface area (Å²) in [5.41, 5.74) is 2.97. The molecule has 30 heavy (non-hydrogen) atoms. The summed E-state index contributed by atoms with van der Waals surface area (Å²) in [6.07, 6.45) is 1.67. The minimum atomic E-state index is -0.492. The zero-order valence-electron chi connectivity index (χ0n) is 16.6. The van der Waals surface area contributed by atoms with Gasteiger partial charge in [-0.2, -0.15) is 0 Å². The van der Waals surface area contributed by atoms with Gasteiger partial charge in [-0.25, -0.2) is 14.6 Å². The summed E-state index contributed by atoms with van der Waals surface area (Å²) in [5.74, 6) is 0.363. The lowest BCUT2D eigenvalue weighted by Crippen LogP contribution is -2.13. The van der Waals surface area contributed by atoms with Gasteiger partial charge in [0.25, 0.3) is 0 Å². The molecule has 0 bridgehead atoms. The number of carbonyl (C=O) groups excluding carboxylic acids is 2. The van der Waals surface area contributed by atoms with Gasteiger partial charge in [0.2, 0.25) is 5.90 Å². The van der Waals surface area contributed by atoms with Crippen LogP contribution < -0.4 is 4.74 Å². The van der Waals surface area contributed by atoms with Crippen molar-refractivity contribution >= 4 is 69.1 Å². The van der Waals surface area contributed by atoms with Crippen LogP contribution in [0, 0.1) is 7.14 Å². The van der Waals surface area contributed by atoms with Crippen LogP contribution >= 0.6 is 45.2 Å². The first-order valence-electron chi connectivity index (χ1n) is 9.10. The molecule has 0 N–H and O–H groups in total. The van der Waals surface area contributed by atoms with Crippen LogP contribution in [0.4, 0.5) is 0 Å². The van der Waals surface area contributed by atoms with Gasteiger partial charge in [0.15, 0.2) is 12.3 Å². The summed E-state index contributed by atoms with van der Waals surface area (Å²) in [6, 6.07) is 11.5. The van der Waals surface area contributed by atoms with Crippen LogP contribution in [-0.2, 0) is 19.1 Å². The molecule has 0 saturated carbocycles. The van der Waals surface area contributed by atoms with Crippen molar-refractivity contribution in [3.05, 3.63) is 65.9 Å². The minimum Gasteiger partial charge on any atom is -0.480 e. The summed E-state index contributed by atoms with van der Waals surface area (Å²) in [5, 5.41) is 0. The van der Waals surface area contributed by atoms with Crippen molar-refractivity contribution in [2.75, 3.05) is 13.7 Å². The largest absolute Gasteiger partial charge is 0.480 e. The maximum atomic E-state index is 12.3. The SMILES string of the molecule is COC(=O)COc1c(I)cc(/C=C2\N=C(c3ccc(C(C)C)cc3)OC2=O)cc1I. The number of hydrogen-bond donors (Lipinski definition) is 0. The number of esters is 2. The molecule has 156 valence electrons. The van der Waals surface area contributed by atoms with Crippen LogP contribution in [0.5, 0.6) is 5.75 Å². The molecule has 0 unspecified atom stereocenters. The highest BCUT2D eigenvalue weighted by molar-refractivity contribution is 14.1. The van der Waals surface area contributed by atoms with Crippen LogP contribution in [-0.4, -0.2) is 31.6 Å². The number of nitrogens with zero attached hydrogens (tertiary/aromatic N) is 1. The van der Waals surface area contributed by atoms with E-state index >= 15 is 0 Å². The Bertz CT molecular complexity index is 1020. The lowest BCUT2D eigenvalue weighted by atomic mass is 10.0. The molecule has 2 aromatic rings. The number of methoxy groups -OCH3 is 1. The number of rotatable bonds is 6. The minimum absolute atomic E-state index is 0.168. The maximum Gasteiger partial charge on any atom is 0.363 e. The highest BCUT2D eigenvalue weighted by Crippen LogP contribution is 2.30. The van der Waals surface area contributed by atoms with Crippen molar-refractivity contribution in [3.63, 3.8) is 0 Å². The zero-order valence-corrected chi connectivity index (χ0v) is 20.9. The Morgan fingerprint density at radius 1 is 1.17 bits per heavy atom. The van der Waals surface area contributed by atoms with E-state index in [9.17, 15) is 9.59 Å². The molecule has 0 spiro atoms. The van der Waals surface area contributed by atoms with Crippen LogP contribution in [0.1, 0.15) is 36.5 Å². The average Bonchev–Trinajstić information content (AvgIpc) is 3.07. The molecule has 8 heteroatoms. The van der Waals surface area contributed by atoms with Crippen LogP contribution in [0.25, 0.3) is 6.08 Å². The molecular formula is C22H19I2NO5. The molecule has 1 aliphatic rings. The molecule has 0 radical (unpaired) electrons. The van der Waals surface area contributed by atoms with Crippen molar-refractivity contribution < 1.29 is 23.8 Å². The molecule has 0 atom stereocenters. The second-order valence-electron chi connectivity index (χ2n) is 6.79. The Labute approximate surface area is 202 Å². The monoisotopic (exact) mass is 631 g/mol. The fourth-order valence-electron chi connectivity index (χ4n) is 2.69. The van der Waals surface area contributed by atoms with E-state index in [1.54, 1.807) is 6.08 Å². The van der Waals surface area contributed by atoms with Crippen LogP contribution in [0.15, 0.2) is 47.1 Å². The van der Waals surface area contributed by atoms with Gasteiger partial charge in [0.1, 0.15) is 5.75 Å². The Hall–Kier alpha value is -1.95. The van der Waals surface area contributed by atoms with Gasteiger partial charge >= 0.3 is 11.9 Å². The molecular weight excluding hydrogens is 612 g/mol. The van der Waals surface area contributed by atoms with Crippen LogP contribution in [0.3, 0.4) is 0 Å². The second-order valence-corrected chi connectivity index (χ2v) is 9.12. The molecule has 0 fully saturated rings. The number of halogens is 2. The number of carbonyl (C=O) groups is 2. The first kappa shape index (κ1) is 22.7. The van der Waals surface area contributed by atoms with Crippen molar-refractivity contribution in [2.45, 2.75) is 19.8 Å². The standard InChI is InChI=1S/C22H19I2NO5/c1-12(2)14-4-6-15(7-5-14)21-25-18(22(27)30-21)10-13-8-16(23)20(17(24)9-13)29-11-19(26)28-3/h4-10,12H,11H2,1-3H3/b18-10-. The highest BCUT2D eigenvalue weighted by atomic mass is 127. The van der Waals surface area contributed by atoms with E-state index < -0.39 is 11.9 Å². The van der Waals surface area contributed by atoms with E-state index in [0.717, 1.165) is 18.3 Å². The second kappa shape index (κ2) is 9.90. The van der Waals surface area contributed by atoms with E-state index in [-0.39, 0.29) is 12.3 Å². The smallest absolute Gasteiger partial charge is 0.363 e. The quantitative estimate of drug-likeness (QED) is 0.258. The summed E-state index contributed by atoms with van der Waals surface area (Å²) in [7, 11) is 1.31. The van der Waals surface area contributed by atoms with Crippen molar-refractivity contribution in [3.8, 4) is 5.75 Å². The Morgan fingerprint density at radius 3 is 2.37 bits per heavy atom. The van der Waals surface area contributed by atoms with Gasteiger partial charge in [-0.15, -0.1) is 0 Å². The van der Waals surface area contributed by atoms with Crippen molar-refractivity contribution in [1.29, 1.82) is 0 Å². The molecule has 6 nitrogen and oxygen atoms in total. The number of ether oxygens (including phenoxy) is 3. The normalized spacial score (nSPS) is 14.7. The third-order valence-corrected chi connectivity index (χ3v) is 5.93. The predicted octanol–water partition coefficient (Wildman–Crippen LogP) is 4.92. The third-order valence-electron chi connectivity index (χ3n) is 4.33. The Morgan fingerprint density at radius 2 is 1.80 bits per heavy atom. The summed E-state index contributed by atoms with van der Waals surface area (Å²) >= 11 is 4.24. The van der Waals surface area contributed by atoms with Gasteiger partial charge in [-0.1, -0.05) is 26.0 Å². The Kier molecular flexibility index (Phi) is 7.50. The molecule has 2 aromatic carbocycles. The predicted molar refractivity (Wildman–Crippen MR) is 131 cm³/mol. The molecule has 0 saturated heterocycles. The van der Waals surface area contributed by atoms with Gasteiger partial charge in [0.05, 0.1) is 14.3 Å². The number of benzene rings is 2. The lowest BCUT2D eigenvalue weighted by molar-refractivity contribution is -0.143. The topological polar surface area (TPSA) is 74.2 Å². The van der Waals surface area contributed by atoms with Crippen molar-refractivity contribution in [2.24, 2.45) is 4.99 Å². The Balaban J connectivity index is 1.83. The summed E-state index contributed by atoms with van der Waals surface area (Å²) < 4.78 is 17.1. The first-order valence-corrected chi connectivity index (χ1v) is 11.3. The van der Waals surface area contributed by atoms with E-state index in [0.29, 0.717) is 17.6 Å². The van der Waals surface area contributed by atoms with Crippen LogP contribution in [0.2, 0.25) is 0 Å². The number of hydrogen-bond acceptors (Lipinski definition) is 6. The molecule has 1 aliphatic heterocycles. The first-order chi connectivity index (χ1) is 14.3. The molecule has 0 aliphatic carbocycles. The van der Waals surface area contributed by atoms with E-state index in [4.69, 9.17) is 9.47 Å². The fraction of sp³-hybridized carbons (Fsp3) is 0.227. The highest BCUT2D eigenvalue weighted by Gasteiger charge is 2.24. The van der Waals surface area contributed by atoms with E-state index in [1.165, 1.54) is 12.7 Å². The van der Waals surface area contributed by atoms with Crippen molar-refractivity contribution in [1.82, 2.24) is 0 Å². The van der Waals surface area contributed by atoms with Gasteiger partial charge in [-0.3, -0.25) is 0 Å². The lowest BCUT2D eigenvalue weighted by Gasteiger charge is -2.10. The molecule has 3 rings (SSSR count). The third kappa shape index (κ3) is 5.39. The average molecular weight is 631 g/mol. The van der Waals surface area contributed by atoms with Gasteiger partial charge in [0, 0.05) is 5.56 Å². The number of cyclic esters (lactones) is 1. The fourth-order valence-corrected chi connectivity index (χ4v) is 4.82. The maximum absolute atomic E-state index is 12.3. The number of aliphatic imine (C=N–C) groups is 1. The molecule has 1 heterocycles. The van der Waals surface area contributed by atoms with Gasteiger partial charge in [-0.05, 0) is 92.6 Å². The zero-order chi connectivity index (χ0) is 21.8. The van der Waals surface area contributed by atoms with Gasteiger partial charge < -0.3 is 14.2 Å². The molecule has 0 aromatic heterocycles. The molecule has 0 amide bonds.